The predicted octanol–water partition coefficient (Wildman–Crippen LogP) is 4.79. The molecule has 4 amide bonds. The van der Waals surface area contributed by atoms with Crippen molar-refractivity contribution in [1.82, 2.24) is 20.1 Å². The third kappa shape index (κ3) is 8.31. The van der Waals surface area contributed by atoms with Gasteiger partial charge in [0.1, 0.15) is 0 Å². The van der Waals surface area contributed by atoms with Crippen molar-refractivity contribution in [2.24, 2.45) is 17.8 Å². The number of piperidine rings is 2. The van der Waals surface area contributed by atoms with Crippen LogP contribution in [-0.2, 0) is 65.0 Å². The maximum Gasteiger partial charge on any atom is 0.332 e. The quantitative estimate of drug-likeness (QED) is 0.189. The van der Waals surface area contributed by atoms with Crippen molar-refractivity contribution >= 4 is 43.5 Å². The highest BCUT2D eigenvalue weighted by atomic mass is 32.2. The molecule has 294 valence electrons. The largest absolute Gasteiger partial charge is 0.332 e. The molecule has 2 atom stereocenters. The summed E-state index contributed by atoms with van der Waals surface area (Å²) in [4.78, 5) is 26.8. The van der Waals surface area contributed by atoms with E-state index in [1.165, 1.54) is 22.3 Å². The summed E-state index contributed by atoms with van der Waals surface area (Å²) in [5, 5.41) is 12.7. The Bertz CT molecular complexity index is 2010. The number of hydrogen-bond donors (Lipinski definition) is 6. The lowest BCUT2D eigenvalue weighted by molar-refractivity contribution is 0.255. The number of urea groups is 2. The van der Waals surface area contributed by atoms with Crippen molar-refractivity contribution in [2.75, 3.05) is 48.3 Å². The van der Waals surface area contributed by atoms with Crippen LogP contribution in [0.25, 0.3) is 0 Å². The van der Waals surface area contributed by atoms with E-state index in [0.29, 0.717) is 12.3 Å². The smallest absolute Gasteiger partial charge is 0.317 e. The SMILES string of the molecule is O=C(Nc1c2c(cc3c1CC(C1CCc4cc5c(c(NC(=O)NS(=O)(=O)CC6CCNCC6)c41)CCC5)C3)CCC2)NS(=O)(=O)CCCC1CCNCC1. The number of benzene rings is 2. The van der Waals surface area contributed by atoms with Crippen molar-refractivity contribution < 1.29 is 26.4 Å². The molecule has 2 heterocycles. The monoisotopic (exact) mass is 780 g/mol. The van der Waals surface area contributed by atoms with Crippen LogP contribution in [0.3, 0.4) is 0 Å². The lowest BCUT2D eigenvalue weighted by atomic mass is 9.83. The first-order valence-electron chi connectivity index (χ1n) is 20.4. The number of rotatable bonds is 11. The molecule has 2 saturated heterocycles. The molecule has 4 aliphatic carbocycles. The van der Waals surface area contributed by atoms with E-state index >= 15 is 0 Å². The van der Waals surface area contributed by atoms with E-state index in [1.807, 2.05) is 0 Å². The van der Waals surface area contributed by atoms with Gasteiger partial charge in [0.05, 0.1) is 11.5 Å². The lowest BCUT2D eigenvalue weighted by Crippen LogP contribution is -2.40. The Morgan fingerprint density at radius 2 is 1.22 bits per heavy atom. The normalized spacial score (nSPS) is 22.7. The van der Waals surface area contributed by atoms with E-state index in [9.17, 15) is 26.4 Å². The Balaban J connectivity index is 0.985. The molecule has 2 unspecified atom stereocenters. The minimum Gasteiger partial charge on any atom is -0.317 e. The van der Waals surface area contributed by atoms with Gasteiger partial charge in [-0.05, 0) is 197 Å². The second-order valence-corrected chi connectivity index (χ2v) is 20.4. The molecule has 0 bridgehead atoms. The number of anilines is 2. The van der Waals surface area contributed by atoms with Gasteiger partial charge in [-0.2, -0.15) is 0 Å². The van der Waals surface area contributed by atoms with Crippen LogP contribution in [0, 0.1) is 17.8 Å². The molecule has 8 rings (SSSR count). The first-order chi connectivity index (χ1) is 26.0. The van der Waals surface area contributed by atoms with E-state index in [2.05, 4.69) is 42.8 Å². The van der Waals surface area contributed by atoms with E-state index in [1.54, 1.807) is 0 Å². The van der Waals surface area contributed by atoms with E-state index < -0.39 is 32.1 Å². The van der Waals surface area contributed by atoms with Crippen LogP contribution in [-0.4, -0.2) is 66.6 Å². The molecule has 2 aliphatic heterocycles. The molecular weight excluding hydrogens is 725 g/mol. The van der Waals surface area contributed by atoms with Gasteiger partial charge in [-0.15, -0.1) is 0 Å². The van der Waals surface area contributed by atoms with Gasteiger partial charge in [0.25, 0.3) is 0 Å². The first-order valence-corrected chi connectivity index (χ1v) is 23.7. The molecule has 2 aromatic rings. The Kier molecular flexibility index (Phi) is 11.0. The third-order valence-electron chi connectivity index (χ3n) is 13.1. The summed E-state index contributed by atoms with van der Waals surface area (Å²) in [6, 6.07) is 3.23. The van der Waals surface area contributed by atoms with E-state index in [-0.39, 0.29) is 29.3 Å². The highest BCUT2D eigenvalue weighted by molar-refractivity contribution is 7.90. The van der Waals surface area contributed by atoms with Crippen LogP contribution in [0.4, 0.5) is 21.0 Å². The van der Waals surface area contributed by atoms with Crippen LogP contribution < -0.4 is 30.7 Å². The van der Waals surface area contributed by atoms with Gasteiger partial charge in [-0.3, -0.25) is 0 Å². The fraction of sp³-hybridized carbons (Fsp3) is 0.650. The first kappa shape index (κ1) is 37.7. The predicted molar refractivity (Wildman–Crippen MR) is 211 cm³/mol. The van der Waals surface area contributed by atoms with Gasteiger partial charge in [0.2, 0.25) is 20.0 Å². The Hall–Kier alpha value is -3.20. The van der Waals surface area contributed by atoms with E-state index in [0.717, 1.165) is 156 Å². The molecular formula is C40H56N6O6S2. The standard InChI is InChI=1S/C40H56N6O6S2/c47-39(45-53(49,50)19-3-4-25-11-15-41-16-12-25)43-37-33-7-1-6-28(33)21-30-22-31(23-35(30)37)32-10-9-29-20-27-5-2-8-34(27)38(36(29)32)44-40(48)46-54(51,52)24-26-13-17-42-18-14-26/h20-21,25-26,31-32,41-42H,1-19,22-24H2,(H2,43,45,47)(H2,44,46,48). The van der Waals surface area contributed by atoms with Gasteiger partial charge in [0.15, 0.2) is 0 Å². The summed E-state index contributed by atoms with van der Waals surface area (Å²) in [7, 11) is -7.59. The van der Waals surface area contributed by atoms with Gasteiger partial charge < -0.3 is 21.3 Å². The molecule has 12 nitrogen and oxygen atoms in total. The molecule has 0 radical (unpaired) electrons. The summed E-state index contributed by atoms with van der Waals surface area (Å²) < 4.78 is 56.8. The number of fused-ring (bicyclic) bond motifs is 4. The molecule has 14 heteroatoms. The molecule has 6 N–H and O–H groups in total. The van der Waals surface area contributed by atoms with Gasteiger partial charge in [-0.1, -0.05) is 12.1 Å². The number of aryl methyl sites for hydroxylation is 3. The number of hydrogen-bond acceptors (Lipinski definition) is 8. The Morgan fingerprint density at radius 1 is 0.630 bits per heavy atom. The second kappa shape index (κ2) is 15.7. The summed E-state index contributed by atoms with van der Waals surface area (Å²) in [5.74, 6) is 0.800. The summed E-state index contributed by atoms with van der Waals surface area (Å²) >= 11 is 0. The highest BCUT2D eigenvalue weighted by Crippen LogP contribution is 2.51. The average Bonchev–Trinajstić information content (AvgIpc) is 3.94. The van der Waals surface area contributed by atoms with Crippen LogP contribution in [0.5, 0.6) is 0 Å². The van der Waals surface area contributed by atoms with Crippen molar-refractivity contribution in [3.63, 3.8) is 0 Å². The maximum absolute atomic E-state index is 13.5. The van der Waals surface area contributed by atoms with Crippen molar-refractivity contribution in [2.45, 2.75) is 109 Å². The van der Waals surface area contributed by atoms with Crippen molar-refractivity contribution in [1.29, 1.82) is 0 Å². The van der Waals surface area contributed by atoms with Crippen molar-refractivity contribution in [3.8, 4) is 0 Å². The number of carbonyl (C=O) groups excluding carboxylic acids is 2. The zero-order valence-electron chi connectivity index (χ0n) is 31.3. The topological polar surface area (TPSA) is 175 Å². The fourth-order valence-corrected chi connectivity index (χ4v) is 12.9. The summed E-state index contributed by atoms with van der Waals surface area (Å²) in [5.41, 5.74) is 10.9. The summed E-state index contributed by atoms with van der Waals surface area (Å²) in [6.07, 6.45) is 14.0. The number of amides is 4. The Morgan fingerprint density at radius 3 is 1.91 bits per heavy atom. The van der Waals surface area contributed by atoms with Gasteiger partial charge >= 0.3 is 12.1 Å². The zero-order chi connectivity index (χ0) is 37.5. The lowest BCUT2D eigenvalue weighted by Gasteiger charge is -2.25. The Labute approximate surface area is 320 Å². The molecule has 2 aromatic carbocycles. The van der Waals surface area contributed by atoms with Crippen molar-refractivity contribution in [3.05, 3.63) is 56.6 Å². The number of nitrogens with one attached hydrogen (secondary N) is 6. The zero-order valence-corrected chi connectivity index (χ0v) is 32.9. The molecule has 2 fully saturated rings. The van der Waals surface area contributed by atoms with Gasteiger partial charge in [0, 0.05) is 11.4 Å². The second-order valence-electron chi connectivity index (χ2n) is 16.8. The minimum absolute atomic E-state index is 0.0282. The maximum atomic E-state index is 13.5. The molecule has 6 aliphatic rings. The van der Waals surface area contributed by atoms with Crippen LogP contribution >= 0.6 is 0 Å². The van der Waals surface area contributed by atoms with Crippen LogP contribution in [0.15, 0.2) is 12.1 Å². The molecule has 54 heavy (non-hydrogen) atoms. The average molecular weight is 781 g/mol. The molecule has 0 aromatic heterocycles. The highest BCUT2D eigenvalue weighted by Gasteiger charge is 2.40. The number of carbonyl (C=O) groups is 2. The molecule has 0 spiro atoms. The molecule has 0 saturated carbocycles. The third-order valence-corrected chi connectivity index (χ3v) is 15.8. The van der Waals surface area contributed by atoms with Gasteiger partial charge in [-0.25, -0.2) is 35.9 Å². The minimum atomic E-state index is -3.80. The number of sulfonamides is 2. The summed E-state index contributed by atoms with van der Waals surface area (Å²) in [6.45, 7) is 3.52. The van der Waals surface area contributed by atoms with Crippen LogP contribution in [0.2, 0.25) is 0 Å². The fourth-order valence-electron chi connectivity index (χ4n) is 10.6. The van der Waals surface area contributed by atoms with E-state index in [4.69, 9.17) is 0 Å². The van der Waals surface area contributed by atoms with Crippen LogP contribution in [0.1, 0.15) is 108 Å².